The quantitative estimate of drug-likeness (QED) is 0.891. The van der Waals surface area contributed by atoms with Crippen molar-refractivity contribution in [3.8, 4) is 5.75 Å². The van der Waals surface area contributed by atoms with E-state index in [2.05, 4.69) is 15.6 Å². The molecule has 1 aromatic heterocycles. The monoisotopic (exact) mass is 305 g/mol. The first-order valence-corrected chi connectivity index (χ1v) is 6.77. The van der Waals surface area contributed by atoms with Gasteiger partial charge in [0.1, 0.15) is 11.6 Å². The SMILES string of the molecule is CNc1cc(C(=O)NCc2c(Cl)cccc2OC)ccn1. The van der Waals surface area contributed by atoms with Crippen molar-refractivity contribution in [3.63, 3.8) is 0 Å². The number of carbonyl (C=O) groups is 1. The van der Waals surface area contributed by atoms with Gasteiger partial charge in [-0.3, -0.25) is 4.79 Å². The number of rotatable bonds is 5. The zero-order chi connectivity index (χ0) is 15.2. The maximum Gasteiger partial charge on any atom is 0.251 e. The Morgan fingerprint density at radius 1 is 1.38 bits per heavy atom. The molecular weight excluding hydrogens is 290 g/mol. The van der Waals surface area contributed by atoms with E-state index in [-0.39, 0.29) is 5.91 Å². The van der Waals surface area contributed by atoms with Crippen molar-refractivity contribution < 1.29 is 9.53 Å². The summed E-state index contributed by atoms with van der Waals surface area (Å²) < 4.78 is 5.24. The molecule has 2 aromatic rings. The van der Waals surface area contributed by atoms with E-state index in [1.807, 2.05) is 0 Å². The van der Waals surface area contributed by atoms with Crippen molar-refractivity contribution in [3.05, 3.63) is 52.7 Å². The first-order valence-electron chi connectivity index (χ1n) is 6.39. The normalized spacial score (nSPS) is 10.0. The fraction of sp³-hybridized carbons (Fsp3) is 0.200. The zero-order valence-corrected chi connectivity index (χ0v) is 12.6. The van der Waals surface area contributed by atoms with E-state index in [1.165, 1.54) is 0 Å². The Morgan fingerprint density at radius 3 is 2.90 bits per heavy atom. The molecule has 0 aliphatic carbocycles. The number of hydrogen-bond acceptors (Lipinski definition) is 4. The molecule has 6 heteroatoms. The van der Waals surface area contributed by atoms with Gasteiger partial charge in [0.05, 0.1) is 7.11 Å². The van der Waals surface area contributed by atoms with Crippen LogP contribution in [0.3, 0.4) is 0 Å². The number of hydrogen-bond donors (Lipinski definition) is 2. The minimum Gasteiger partial charge on any atom is -0.496 e. The summed E-state index contributed by atoms with van der Waals surface area (Å²) in [5.41, 5.74) is 1.28. The van der Waals surface area contributed by atoms with Crippen LogP contribution >= 0.6 is 11.6 Å². The van der Waals surface area contributed by atoms with E-state index >= 15 is 0 Å². The molecule has 1 heterocycles. The highest BCUT2D eigenvalue weighted by Gasteiger charge is 2.11. The largest absolute Gasteiger partial charge is 0.496 e. The van der Waals surface area contributed by atoms with Crippen molar-refractivity contribution in [1.82, 2.24) is 10.3 Å². The number of carbonyl (C=O) groups excluding carboxylic acids is 1. The fourth-order valence-electron chi connectivity index (χ4n) is 1.88. The number of benzene rings is 1. The molecule has 5 nitrogen and oxygen atoms in total. The third-order valence-electron chi connectivity index (χ3n) is 3.00. The molecule has 0 spiro atoms. The Balaban J connectivity index is 2.11. The van der Waals surface area contributed by atoms with E-state index in [0.717, 1.165) is 5.56 Å². The van der Waals surface area contributed by atoms with E-state index in [4.69, 9.17) is 16.3 Å². The van der Waals surface area contributed by atoms with Crippen LogP contribution in [0, 0.1) is 0 Å². The molecule has 110 valence electrons. The molecule has 0 radical (unpaired) electrons. The molecule has 0 aliphatic rings. The molecule has 0 aliphatic heterocycles. The lowest BCUT2D eigenvalue weighted by atomic mass is 10.2. The van der Waals surface area contributed by atoms with Crippen LogP contribution in [0.4, 0.5) is 5.82 Å². The van der Waals surface area contributed by atoms with Gasteiger partial charge in [0, 0.05) is 35.9 Å². The Hall–Kier alpha value is -2.27. The Kier molecular flexibility index (Phi) is 5.00. The van der Waals surface area contributed by atoms with E-state index < -0.39 is 0 Å². The van der Waals surface area contributed by atoms with Gasteiger partial charge in [-0.2, -0.15) is 0 Å². The first-order chi connectivity index (χ1) is 10.2. The number of aromatic nitrogens is 1. The molecular formula is C15H16ClN3O2. The van der Waals surface area contributed by atoms with Crippen molar-refractivity contribution >= 4 is 23.3 Å². The highest BCUT2D eigenvalue weighted by Crippen LogP contribution is 2.25. The highest BCUT2D eigenvalue weighted by atomic mass is 35.5. The number of pyridine rings is 1. The molecule has 0 atom stereocenters. The predicted molar refractivity (Wildman–Crippen MR) is 83.0 cm³/mol. The number of nitrogens with zero attached hydrogens (tertiary/aromatic N) is 1. The summed E-state index contributed by atoms with van der Waals surface area (Å²) in [6, 6.07) is 8.70. The van der Waals surface area contributed by atoms with E-state index in [0.29, 0.717) is 28.7 Å². The van der Waals surface area contributed by atoms with Crippen LogP contribution in [0.15, 0.2) is 36.5 Å². The van der Waals surface area contributed by atoms with Gasteiger partial charge in [-0.15, -0.1) is 0 Å². The van der Waals surface area contributed by atoms with Crippen molar-refractivity contribution in [2.45, 2.75) is 6.54 Å². The van der Waals surface area contributed by atoms with Crippen molar-refractivity contribution in [2.24, 2.45) is 0 Å². The average Bonchev–Trinajstić information content (AvgIpc) is 2.53. The molecule has 2 rings (SSSR count). The smallest absolute Gasteiger partial charge is 0.251 e. The summed E-state index contributed by atoms with van der Waals surface area (Å²) in [6.45, 7) is 0.291. The lowest BCUT2D eigenvalue weighted by Gasteiger charge is -2.11. The second-order valence-electron chi connectivity index (χ2n) is 4.28. The first kappa shape index (κ1) is 15.1. The van der Waals surface area contributed by atoms with Crippen molar-refractivity contribution in [2.75, 3.05) is 19.5 Å². The second-order valence-corrected chi connectivity index (χ2v) is 4.69. The minimum absolute atomic E-state index is 0.198. The van der Waals surface area contributed by atoms with Crippen LogP contribution in [0.25, 0.3) is 0 Å². The van der Waals surface area contributed by atoms with Crippen LogP contribution < -0.4 is 15.4 Å². The van der Waals surface area contributed by atoms with Gasteiger partial charge in [-0.1, -0.05) is 17.7 Å². The van der Waals surface area contributed by atoms with Crippen molar-refractivity contribution in [1.29, 1.82) is 0 Å². The maximum absolute atomic E-state index is 12.1. The average molecular weight is 306 g/mol. The Morgan fingerprint density at radius 2 is 2.19 bits per heavy atom. The van der Waals surface area contributed by atoms with E-state index in [9.17, 15) is 4.79 Å². The topological polar surface area (TPSA) is 63.2 Å². The lowest BCUT2D eigenvalue weighted by Crippen LogP contribution is -2.23. The fourth-order valence-corrected chi connectivity index (χ4v) is 2.11. The molecule has 0 unspecified atom stereocenters. The maximum atomic E-state index is 12.1. The summed E-state index contributed by atoms with van der Waals surface area (Å²) in [7, 11) is 3.32. The summed E-state index contributed by atoms with van der Waals surface area (Å²) in [5.74, 6) is 1.09. The molecule has 0 saturated carbocycles. The number of amides is 1. The van der Waals surface area contributed by atoms with Crippen LogP contribution in [0.2, 0.25) is 5.02 Å². The molecule has 1 aromatic carbocycles. The van der Waals surface area contributed by atoms with Gasteiger partial charge in [0.25, 0.3) is 5.91 Å². The minimum atomic E-state index is -0.198. The van der Waals surface area contributed by atoms with Gasteiger partial charge < -0.3 is 15.4 Å². The Bertz CT molecular complexity index is 647. The molecule has 0 saturated heterocycles. The van der Waals surface area contributed by atoms with Crippen LogP contribution in [-0.4, -0.2) is 25.0 Å². The van der Waals surface area contributed by atoms with Gasteiger partial charge in [0.2, 0.25) is 0 Å². The summed E-state index contributed by atoms with van der Waals surface area (Å²) in [5, 5.41) is 6.27. The third kappa shape index (κ3) is 3.64. The number of nitrogens with one attached hydrogen (secondary N) is 2. The van der Waals surface area contributed by atoms with Crippen LogP contribution in [0.5, 0.6) is 5.75 Å². The molecule has 1 amide bonds. The number of methoxy groups -OCH3 is 1. The standard InChI is InChI=1S/C15H16ClN3O2/c1-17-14-8-10(6-7-18-14)15(20)19-9-11-12(16)4-3-5-13(11)21-2/h3-8H,9H2,1-2H3,(H,17,18)(H,19,20). The molecule has 0 bridgehead atoms. The number of halogens is 1. The summed E-state index contributed by atoms with van der Waals surface area (Å²) in [6.07, 6.45) is 1.58. The second kappa shape index (κ2) is 6.95. The van der Waals surface area contributed by atoms with Gasteiger partial charge >= 0.3 is 0 Å². The third-order valence-corrected chi connectivity index (χ3v) is 3.35. The van der Waals surface area contributed by atoms with Crippen LogP contribution in [-0.2, 0) is 6.54 Å². The lowest BCUT2D eigenvalue weighted by molar-refractivity contribution is 0.0950. The predicted octanol–water partition coefficient (Wildman–Crippen LogP) is 2.72. The molecule has 21 heavy (non-hydrogen) atoms. The summed E-state index contributed by atoms with van der Waals surface area (Å²) in [4.78, 5) is 16.2. The van der Waals surface area contributed by atoms with Crippen LogP contribution in [0.1, 0.15) is 15.9 Å². The Labute approximate surface area is 128 Å². The highest BCUT2D eigenvalue weighted by molar-refractivity contribution is 6.31. The molecule has 2 N–H and O–H groups in total. The summed E-state index contributed by atoms with van der Waals surface area (Å²) >= 11 is 6.13. The number of ether oxygens (including phenoxy) is 1. The van der Waals surface area contributed by atoms with Gasteiger partial charge in [-0.05, 0) is 24.3 Å². The number of anilines is 1. The zero-order valence-electron chi connectivity index (χ0n) is 11.8. The molecule has 0 fully saturated rings. The van der Waals surface area contributed by atoms with Gasteiger partial charge in [0.15, 0.2) is 0 Å². The van der Waals surface area contributed by atoms with Gasteiger partial charge in [-0.25, -0.2) is 4.98 Å². The van der Waals surface area contributed by atoms with E-state index in [1.54, 1.807) is 50.7 Å².